The number of thiophene rings is 1. The fourth-order valence-electron chi connectivity index (χ4n) is 3.99. The number of nitrogens with one attached hydrogen (secondary N) is 1. The first-order chi connectivity index (χ1) is 16.2. The van der Waals surface area contributed by atoms with Crippen LogP contribution in [0.25, 0.3) is 20.8 Å². The molecule has 0 spiro atoms. The van der Waals surface area contributed by atoms with Gasteiger partial charge in [-0.2, -0.15) is 0 Å². The predicted molar refractivity (Wildman–Crippen MR) is 135 cm³/mol. The summed E-state index contributed by atoms with van der Waals surface area (Å²) < 4.78 is 24.5. The first-order valence-electron chi connectivity index (χ1n) is 10.6. The lowest BCUT2D eigenvalue weighted by Gasteiger charge is -2.26. The summed E-state index contributed by atoms with van der Waals surface area (Å²) in [5, 5.41) is 4.54. The Morgan fingerprint density at radius 2 is 1.79 bits per heavy atom. The average Bonchev–Trinajstić information content (AvgIpc) is 3.38. The molecule has 1 N–H and O–H groups in total. The second kappa shape index (κ2) is 8.61. The van der Waals surface area contributed by atoms with Crippen molar-refractivity contribution >= 4 is 59.5 Å². The number of aromatic nitrogens is 1. The van der Waals surface area contributed by atoms with Gasteiger partial charge in [0, 0.05) is 35.7 Å². The SMILES string of the molecule is CC(=O)N1CCc2c(sc(NC(=O)c3ccc(S(C)(=O)=O)cc3)c2-c2nc3ccccc3s2)C1. The van der Waals surface area contributed by atoms with Crippen LogP contribution in [0.2, 0.25) is 0 Å². The topological polar surface area (TPSA) is 96.4 Å². The Morgan fingerprint density at radius 3 is 2.47 bits per heavy atom. The number of benzene rings is 2. The van der Waals surface area contributed by atoms with Crippen molar-refractivity contribution in [1.29, 1.82) is 0 Å². The highest BCUT2D eigenvalue weighted by Crippen LogP contribution is 2.45. The molecule has 0 aliphatic carbocycles. The van der Waals surface area contributed by atoms with E-state index in [0.29, 0.717) is 30.1 Å². The van der Waals surface area contributed by atoms with E-state index in [1.165, 1.54) is 35.6 Å². The number of carbonyl (C=O) groups excluding carboxylic acids is 2. The zero-order valence-electron chi connectivity index (χ0n) is 18.5. The maximum absolute atomic E-state index is 13.1. The van der Waals surface area contributed by atoms with Crippen LogP contribution < -0.4 is 5.32 Å². The van der Waals surface area contributed by atoms with Gasteiger partial charge in [-0.1, -0.05) is 12.1 Å². The van der Waals surface area contributed by atoms with Gasteiger partial charge in [0.2, 0.25) is 5.91 Å². The fourth-order valence-corrected chi connectivity index (χ4v) is 6.99. The molecule has 0 bridgehead atoms. The molecule has 2 aromatic carbocycles. The van der Waals surface area contributed by atoms with E-state index in [9.17, 15) is 18.0 Å². The molecular weight excluding hydrogens is 490 g/mol. The van der Waals surface area contributed by atoms with Crippen molar-refractivity contribution in [2.45, 2.75) is 24.8 Å². The van der Waals surface area contributed by atoms with Crippen LogP contribution in [0, 0.1) is 0 Å². The monoisotopic (exact) mass is 511 g/mol. The third kappa shape index (κ3) is 4.24. The van der Waals surface area contributed by atoms with Gasteiger partial charge >= 0.3 is 0 Å². The van der Waals surface area contributed by atoms with Crippen molar-refractivity contribution in [2.24, 2.45) is 0 Å². The molecule has 4 aromatic rings. The summed E-state index contributed by atoms with van der Waals surface area (Å²) >= 11 is 3.04. The number of rotatable bonds is 4. The van der Waals surface area contributed by atoms with Gasteiger partial charge in [0.25, 0.3) is 5.91 Å². The molecule has 1 aliphatic rings. The quantitative estimate of drug-likeness (QED) is 0.432. The van der Waals surface area contributed by atoms with Crippen LogP contribution in [-0.2, 0) is 27.6 Å². The number of thiazole rings is 1. The summed E-state index contributed by atoms with van der Waals surface area (Å²) in [5.74, 6) is -0.304. The Hall–Kier alpha value is -3.08. The number of hydrogen-bond donors (Lipinski definition) is 1. The lowest BCUT2D eigenvalue weighted by molar-refractivity contribution is -0.129. The molecule has 34 heavy (non-hydrogen) atoms. The van der Waals surface area contributed by atoms with E-state index in [1.807, 2.05) is 24.3 Å². The summed E-state index contributed by atoms with van der Waals surface area (Å²) in [6.07, 6.45) is 1.82. The molecular formula is C24H21N3O4S3. The van der Waals surface area contributed by atoms with Crippen molar-refractivity contribution in [3.63, 3.8) is 0 Å². The molecule has 0 fully saturated rings. The third-order valence-electron chi connectivity index (χ3n) is 5.78. The first kappa shape index (κ1) is 22.7. The maximum Gasteiger partial charge on any atom is 0.256 e. The Kier molecular flexibility index (Phi) is 5.75. The van der Waals surface area contributed by atoms with E-state index in [1.54, 1.807) is 23.2 Å². The van der Waals surface area contributed by atoms with Crippen molar-refractivity contribution in [3.8, 4) is 10.6 Å². The van der Waals surface area contributed by atoms with Crippen LogP contribution in [0.15, 0.2) is 53.4 Å². The van der Waals surface area contributed by atoms with Gasteiger partial charge in [-0.3, -0.25) is 9.59 Å². The van der Waals surface area contributed by atoms with Crippen LogP contribution in [0.3, 0.4) is 0 Å². The van der Waals surface area contributed by atoms with Crippen LogP contribution in [0.5, 0.6) is 0 Å². The number of anilines is 1. The van der Waals surface area contributed by atoms with Crippen molar-refractivity contribution in [2.75, 3.05) is 18.1 Å². The average molecular weight is 512 g/mol. The molecule has 1 aliphatic heterocycles. The van der Waals surface area contributed by atoms with Crippen LogP contribution >= 0.6 is 22.7 Å². The maximum atomic E-state index is 13.1. The summed E-state index contributed by atoms with van der Waals surface area (Å²) in [6.45, 7) is 2.69. The summed E-state index contributed by atoms with van der Waals surface area (Å²) in [7, 11) is -3.34. The summed E-state index contributed by atoms with van der Waals surface area (Å²) in [5.41, 5.74) is 3.28. The minimum atomic E-state index is -3.34. The molecule has 7 nitrogen and oxygen atoms in total. The van der Waals surface area contributed by atoms with E-state index in [-0.39, 0.29) is 16.7 Å². The van der Waals surface area contributed by atoms with E-state index in [4.69, 9.17) is 4.98 Å². The van der Waals surface area contributed by atoms with Gasteiger partial charge in [0.15, 0.2) is 9.84 Å². The van der Waals surface area contributed by atoms with Crippen molar-refractivity contribution in [1.82, 2.24) is 9.88 Å². The second-order valence-corrected chi connectivity index (χ2v) is 12.3. The van der Waals surface area contributed by atoms with Crippen molar-refractivity contribution < 1.29 is 18.0 Å². The zero-order chi connectivity index (χ0) is 24.0. The predicted octanol–water partition coefficient (Wildman–Crippen LogP) is 4.59. The van der Waals surface area contributed by atoms with Crippen LogP contribution in [0.4, 0.5) is 5.00 Å². The number of amides is 2. The Labute approximate surface area is 205 Å². The molecule has 0 saturated heterocycles. The van der Waals surface area contributed by atoms with Crippen LogP contribution in [-0.4, -0.2) is 42.9 Å². The molecule has 10 heteroatoms. The number of fused-ring (bicyclic) bond motifs is 2. The normalized spacial score (nSPS) is 13.6. The minimum absolute atomic E-state index is 0.0251. The van der Waals surface area contributed by atoms with Gasteiger partial charge in [-0.25, -0.2) is 13.4 Å². The molecule has 0 atom stereocenters. The Bertz CT molecular complexity index is 1500. The van der Waals surface area contributed by atoms with E-state index < -0.39 is 9.84 Å². The summed E-state index contributed by atoms with van der Waals surface area (Å²) in [4.78, 5) is 32.9. The summed E-state index contributed by atoms with van der Waals surface area (Å²) in [6, 6.07) is 13.8. The highest BCUT2D eigenvalue weighted by atomic mass is 32.2. The third-order valence-corrected chi connectivity index (χ3v) is 9.10. The van der Waals surface area contributed by atoms with E-state index in [2.05, 4.69) is 5.32 Å². The molecule has 2 aromatic heterocycles. The molecule has 0 unspecified atom stereocenters. The second-order valence-electron chi connectivity index (χ2n) is 8.14. The number of hydrogen-bond acceptors (Lipinski definition) is 7. The van der Waals surface area contributed by atoms with Crippen molar-refractivity contribution in [3.05, 3.63) is 64.5 Å². The van der Waals surface area contributed by atoms with Gasteiger partial charge in [-0.05, 0) is 48.4 Å². The number of nitrogens with zero attached hydrogens (tertiary/aromatic N) is 2. The Morgan fingerprint density at radius 1 is 1.06 bits per heavy atom. The lowest BCUT2D eigenvalue weighted by Crippen LogP contribution is -2.33. The number of sulfone groups is 1. The highest BCUT2D eigenvalue weighted by Gasteiger charge is 2.28. The Balaban J connectivity index is 1.54. The first-order valence-corrected chi connectivity index (χ1v) is 14.1. The highest BCUT2D eigenvalue weighted by molar-refractivity contribution is 7.90. The molecule has 5 rings (SSSR count). The largest absolute Gasteiger partial charge is 0.337 e. The van der Waals surface area contributed by atoms with Gasteiger partial charge in [-0.15, -0.1) is 22.7 Å². The molecule has 2 amide bonds. The molecule has 0 radical (unpaired) electrons. The van der Waals surface area contributed by atoms with Gasteiger partial charge < -0.3 is 10.2 Å². The van der Waals surface area contributed by atoms with E-state index >= 15 is 0 Å². The molecule has 0 saturated carbocycles. The molecule has 174 valence electrons. The minimum Gasteiger partial charge on any atom is -0.337 e. The standard InChI is InChI=1S/C24H21N3O4S3/c1-14(28)27-12-11-17-20(13-27)33-24(21(17)23-25-18-5-3-4-6-19(18)32-23)26-22(29)15-7-9-16(10-8-15)34(2,30)31/h3-10H,11-13H2,1-2H3,(H,26,29). The number of carbonyl (C=O) groups is 2. The smallest absolute Gasteiger partial charge is 0.256 e. The van der Waals surface area contributed by atoms with E-state index in [0.717, 1.165) is 37.5 Å². The van der Waals surface area contributed by atoms with Gasteiger partial charge in [0.05, 0.1) is 21.7 Å². The lowest BCUT2D eigenvalue weighted by atomic mass is 10.0. The molecule has 3 heterocycles. The van der Waals surface area contributed by atoms with Crippen LogP contribution in [0.1, 0.15) is 27.7 Å². The fraction of sp³-hybridized carbons (Fsp3) is 0.208. The zero-order valence-corrected chi connectivity index (χ0v) is 20.9. The number of para-hydroxylation sites is 1. The van der Waals surface area contributed by atoms with Gasteiger partial charge in [0.1, 0.15) is 10.0 Å².